The smallest absolute Gasteiger partial charge is 0.240 e. The van der Waals surface area contributed by atoms with Crippen LogP contribution in [0.2, 0.25) is 0 Å². The first kappa shape index (κ1) is 24.1. The molecule has 3 amide bonds. The molecule has 2 fully saturated rings. The van der Waals surface area contributed by atoms with Crippen LogP contribution in [0.3, 0.4) is 0 Å². The zero-order valence-electron chi connectivity index (χ0n) is 20.1. The normalized spacial score (nSPS) is 22.8. The second kappa shape index (κ2) is 9.66. The van der Waals surface area contributed by atoms with Crippen LogP contribution in [0.4, 0.5) is 4.39 Å². The molecule has 0 spiro atoms. The lowest BCUT2D eigenvalue weighted by molar-refractivity contribution is -0.142. The number of likely N-dealkylation sites (N-methyl/N-ethyl adjacent to an activating group) is 1. The first-order valence-corrected chi connectivity index (χ1v) is 11.8. The van der Waals surface area contributed by atoms with Gasteiger partial charge >= 0.3 is 0 Å². The highest BCUT2D eigenvalue weighted by atomic mass is 19.1. The van der Waals surface area contributed by atoms with E-state index in [-0.39, 0.29) is 42.3 Å². The number of benzene rings is 2. The van der Waals surface area contributed by atoms with Crippen molar-refractivity contribution in [3.63, 3.8) is 0 Å². The van der Waals surface area contributed by atoms with Crippen molar-refractivity contribution in [2.75, 3.05) is 40.3 Å². The molecule has 7 heteroatoms. The second-order valence-electron chi connectivity index (χ2n) is 9.78. The predicted octanol–water partition coefficient (Wildman–Crippen LogP) is 3.10. The topological polar surface area (TPSA) is 60.9 Å². The summed E-state index contributed by atoms with van der Waals surface area (Å²) in [5.41, 5.74) is 1.48. The maximum absolute atomic E-state index is 13.8. The second-order valence-corrected chi connectivity index (χ2v) is 9.78. The van der Waals surface area contributed by atoms with Crippen molar-refractivity contribution in [3.8, 4) is 0 Å². The molecule has 2 saturated heterocycles. The van der Waals surface area contributed by atoms with Crippen LogP contribution < -0.4 is 0 Å². The number of likely N-dealkylation sites (tertiary alicyclic amines) is 2. The van der Waals surface area contributed by atoms with Gasteiger partial charge in [0.25, 0.3) is 0 Å². The maximum Gasteiger partial charge on any atom is 0.240 e. The average molecular weight is 466 g/mol. The van der Waals surface area contributed by atoms with Crippen molar-refractivity contribution in [1.82, 2.24) is 14.7 Å². The van der Waals surface area contributed by atoms with Crippen LogP contribution in [0.25, 0.3) is 0 Å². The van der Waals surface area contributed by atoms with E-state index >= 15 is 0 Å². The molecule has 0 unspecified atom stereocenters. The lowest BCUT2D eigenvalue weighted by Crippen LogP contribution is -2.44. The molecule has 0 aliphatic carbocycles. The van der Waals surface area contributed by atoms with Crippen LogP contribution in [0.1, 0.15) is 41.9 Å². The molecule has 0 radical (unpaired) electrons. The van der Waals surface area contributed by atoms with E-state index in [2.05, 4.69) is 0 Å². The molecule has 2 aromatic rings. The Morgan fingerprint density at radius 2 is 1.82 bits per heavy atom. The Morgan fingerprint density at radius 3 is 2.50 bits per heavy atom. The Balaban J connectivity index is 1.58. The number of hydrogen-bond donors (Lipinski definition) is 0. The largest absolute Gasteiger partial charge is 0.342 e. The van der Waals surface area contributed by atoms with Crippen LogP contribution in [0, 0.1) is 12.7 Å². The Bertz CT molecular complexity index is 1080. The van der Waals surface area contributed by atoms with Gasteiger partial charge in [-0.3, -0.25) is 19.3 Å². The summed E-state index contributed by atoms with van der Waals surface area (Å²) >= 11 is 0. The molecular weight excluding hydrogens is 433 g/mol. The van der Waals surface area contributed by atoms with Gasteiger partial charge in [-0.05, 0) is 56.3 Å². The lowest BCUT2D eigenvalue weighted by atomic mass is 9.74. The summed E-state index contributed by atoms with van der Waals surface area (Å²) in [5, 5.41) is 0. The summed E-state index contributed by atoms with van der Waals surface area (Å²) in [4.78, 5) is 45.3. The van der Waals surface area contributed by atoms with Crippen molar-refractivity contribution in [1.29, 1.82) is 0 Å². The molecule has 2 aliphatic rings. The minimum atomic E-state index is -1.18. The standard InChI is InChI=1S/C27H32FN3O3/c1-19-6-4-5-7-23(19)27(17-25(33)31(26(27)34)15-14-29(2)3)16-24(32)30-13-12-21(18-30)20-8-10-22(28)11-9-20/h4-11,21H,12-18H2,1-3H3/t21-,27-/m1/s1. The molecule has 6 nitrogen and oxygen atoms in total. The lowest BCUT2D eigenvalue weighted by Gasteiger charge is -2.30. The third kappa shape index (κ3) is 4.62. The van der Waals surface area contributed by atoms with Gasteiger partial charge in [-0.25, -0.2) is 4.39 Å². The molecule has 2 heterocycles. The zero-order valence-corrected chi connectivity index (χ0v) is 20.1. The Morgan fingerprint density at radius 1 is 1.12 bits per heavy atom. The van der Waals surface area contributed by atoms with Crippen molar-refractivity contribution >= 4 is 17.7 Å². The Hall–Kier alpha value is -3.06. The van der Waals surface area contributed by atoms with Crippen LogP contribution in [0.5, 0.6) is 0 Å². The number of aryl methyl sites for hydroxylation is 1. The maximum atomic E-state index is 13.8. The fourth-order valence-corrected chi connectivity index (χ4v) is 5.24. The molecule has 34 heavy (non-hydrogen) atoms. The minimum absolute atomic E-state index is 0.00505. The highest BCUT2D eigenvalue weighted by Gasteiger charge is 2.54. The van der Waals surface area contributed by atoms with Crippen molar-refractivity contribution in [3.05, 3.63) is 71.0 Å². The van der Waals surface area contributed by atoms with Crippen LogP contribution in [-0.2, 0) is 19.8 Å². The molecule has 2 atom stereocenters. The molecule has 0 bridgehead atoms. The highest BCUT2D eigenvalue weighted by molar-refractivity contribution is 6.11. The van der Waals surface area contributed by atoms with Gasteiger partial charge in [-0.1, -0.05) is 36.4 Å². The Labute approximate surface area is 200 Å². The van der Waals surface area contributed by atoms with Crippen molar-refractivity contribution < 1.29 is 18.8 Å². The van der Waals surface area contributed by atoms with Crippen molar-refractivity contribution in [2.45, 2.75) is 37.5 Å². The number of amides is 3. The summed E-state index contributed by atoms with van der Waals surface area (Å²) in [7, 11) is 3.79. The van der Waals surface area contributed by atoms with E-state index in [1.807, 2.05) is 50.2 Å². The van der Waals surface area contributed by atoms with E-state index < -0.39 is 5.41 Å². The third-order valence-electron chi connectivity index (χ3n) is 7.18. The molecule has 4 rings (SSSR count). The average Bonchev–Trinajstić information content (AvgIpc) is 3.37. The molecule has 0 aromatic heterocycles. The summed E-state index contributed by atoms with van der Waals surface area (Å²) in [6, 6.07) is 14.0. The SMILES string of the molecule is Cc1ccccc1[C@@]1(CC(=O)N2CC[C@@H](c3ccc(F)cc3)C2)CC(=O)N(CCN(C)C)C1=O. The van der Waals surface area contributed by atoms with Gasteiger partial charge < -0.3 is 9.80 Å². The van der Waals surface area contributed by atoms with E-state index in [1.165, 1.54) is 17.0 Å². The highest BCUT2D eigenvalue weighted by Crippen LogP contribution is 2.42. The molecular formula is C27H32FN3O3. The molecule has 2 aliphatic heterocycles. The molecule has 0 saturated carbocycles. The number of imide groups is 1. The Kier molecular flexibility index (Phi) is 6.84. The van der Waals surface area contributed by atoms with Gasteiger partial charge in [0.1, 0.15) is 5.82 Å². The third-order valence-corrected chi connectivity index (χ3v) is 7.18. The number of carbonyl (C=O) groups excluding carboxylic acids is 3. The fraction of sp³-hybridized carbons (Fsp3) is 0.444. The van der Waals surface area contributed by atoms with Crippen molar-refractivity contribution in [2.24, 2.45) is 0 Å². The quantitative estimate of drug-likeness (QED) is 0.590. The van der Waals surface area contributed by atoms with E-state index in [0.717, 1.165) is 23.1 Å². The van der Waals surface area contributed by atoms with Gasteiger partial charge in [0.05, 0.1) is 5.41 Å². The molecule has 0 N–H and O–H groups in total. The number of carbonyl (C=O) groups is 3. The summed E-state index contributed by atoms with van der Waals surface area (Å²) in [6.45, 7) is 3.91. The summed E-state index contributed by atoms with van der Waals surface area (Å²) < 4.78 is 13.3. The predicted molar refractivity (Wildman–Crippen MR) is 128 cm³/mol. The number of hydrogen-bond acceptors (Lipinski definition) is 4. The van der Waals surface area contributed by atoms with Gasteiger partial charge in [0.2, 0.25) is 17.7 Å². The minimum Gasteiger partial charge on any atom is -0.342 e. The summed E-state index contributed by atoms with van der Waals surface area (Å²) in [6.07, 6.45) is 0.763. The van der Waals surface area contributed by atoms with Gasteiger partial charge in [0, 0.05) is 44.9 Å². The van der Waals surface area contributed by atoms with Crippen LogP contribution in [0.15, 0.2) is 48.5 Å². The number of halogens is 1. The van der Waals surface area contributed by atoms with Crippen LogP contribution in [-0.4, -0.2) is 72.7 Å². The first-order valence-electron chi connectivity index (χ1n) is 11.8. The fourth-order valence-electron chi connectivity index (χ4n) is 5.24. The van der Waals surface area contributed by atoms with Gasteiger partial charge in [-0.2, -0.15) is 0 Å². The van der Waals surface area contributed by atoms with Crippen LogP contribution >= 0.6 is 0 Å². The first-order chi connectivity index (χ1) is 16.2. The molecule has 2 aromatic carbocycles. The van der Waals surface area contributed by atoms with E-state index in [4.69, 9.17) is 0 Å². The zero-order chi connectivity index (χ0) is 24.5. The number of nitrogens with zero attached hydrogens (tertiary/aromatic N) is 3. The monoisotopic (exact) mass is 465 g/mol. The van der Waals surface area contributed by atoms with Gasteiger partial charge in [-0.15, -0.1) is 0 Å². The summed E-state index contributed by atoms with van der Waals surface area (Å²) in [5.74, 6) is -0.775. The van der Waals surface area contributed by atoms with Gasteiger partial charge in [0.15, 0.2) is 0 Å². The van der Waals surface area contributed by atoms with E-state index in [0.29, 0.717) is 26.2 Å². The van der Waals surface area contributed by atoms with E-state index in [1.54, 1.807) is 17.0 Å². The molecule has 180 valence electrons. The van der Waals surface area contributed by atoms with E-state index in [9.17, 15) is 18.8 Å². The number of rotatable bonds is 7.